The van der Waals surface area contributed by atoms with Crippen LogP contribution in [0.15, 0.2) is 24.5 Å². The third-order valence-electron chi connectivity index (χ3n) is 4.46. The lowest BCUT2D eigenvalue weighted by Gasteiger charge is -2.37. The minimum absolute atomic E-state index is 0.0103. The molecular weight excluding hydrogens is 280 g/mol. The van der Waals surface area contributed by atoms with E-state index < -0.39 is 0 Å². The molecule has 2 fully saturated rings. The fraction of sp³-hybridized carbons (Fsp3) is 0.562. The van der Waals surface area contributed by atoms with Gasteiger partial charge >= 0.3 is 6.03 Å². The number of hydrogen-bond donors (Lipinski definition) is 1. The summed E-state index contributed by atoms with van der Waals surface area (Å²) in [6.45, 7) is 2.94. The van der Waals surface area contributed by atoms with Crippen LogP contribution >= 0.6 is 0 Å². The van der Waals surface area contributed by atoms with Crippen LogP contribution < -0.4 is 5.32 Å². The highest BCUT2D eigenvalue weighted by molar-refractivity contribution is 5.78. The van der Waals surface area contributed by atoms with Gasteiger partial charge in [-0.15, -0.1) is 0 Å². The van der Waals surface area contributed by atoms with Gasteiger partial charge in [-0.05, 0) is 37.0 Å². The van der Waals surface area contributed by atoms with E-state index in [0.29, 0.717) is 19.5 Å². The highest BCUT2D eigenvalue weighted by Gasteiger charge is 2.32. The van der Waals surface area contributed by atoms with E-state index in [4.69, 9.17) is 0 Å². The number of carbonyl (C=O) groups excluding carboxylic acids is 2. The summed E-state index contributed by atoms with van der Waals surface area (Å²) in [6, 6.07) is 4.07. The van der Waals surface area contributed by atoms with E-state index in [0.717, 1.165) is 37.9 Å². The highest BCUT2D eigenvalue weighted by Crippen LogP contribution is 2.18. The third-order valence-corrected chi connectivity index (χ3v) is 4.46. The number of rotatable bonds is 4. The molecule has 2 saturated heterocycles. The minimum Gasteiger partial charge on any atom is -0.341 e. The van der Waals surface area contributed by atoms with Crippen molar-refractivity contribution in [3.63, 3.8) is 0 Å². The van der Waals surface area contributed by atoms with Crippen LogP contribution in [0.1, 0.15) is 24.8 Å². The predicted octanol–water partition coefficient (Wildman–Crippen LogP) is 1.03. The highest BCUT2D eigenvalue weighted by atomic mass is 16.2. The van der Waals surface area contributed by atoms with Crippen molar-refractivity contribution in [2.24, 2.45) is 0 Å². The summed E-state index contributed by atoms with van der Waals surface area (Å²) in [5, 5.41) is 2.84. The monoisotopic (exact) mass is 302 g/mol. The number of aryl methyl sites for hydroxylation is 1. The summed E-state index contributed by atoms with van der Waals surface area (Å²) in [5.41, 5.74) is 1.14. The Labute approximate surface area is 130 Å². The molecule has 1 atom stereocenters. The van der Waals surface area contributed by atoms with Crippen molar-refractivity contribution < 1.29 is 9.59 Å². The van der Waals surface area contributed by atoms with Gasteiger partial charge in [0.05, 0.1) is 6.04 Å². The normalized spacial score (nSPS) is 21.8. The van der Waals surface area contributed by atoms with Crippen molar-refractivity contribution >= 4 is 11.9 Å². The molecule has 2 aliphatic rings. The second kappa shape index (κ2) is 6.77. The standard InChI is InChI=1S/C16H22N4O2/c21-15(4-3-13-5-7-17-8-6-13)19-10-1-2-14(12-19)20-11-9-18-16(20)22/h5-8,14H,1-4,9-12H2,(H,18,22)/t14-/m1/s1. The number of urea groups is 1. The summed E-state index contributed by atoms with van der Waals surface area (Å²) in [4.78, 5) is 32.0. The SMILES string of the molecule is O=C(CCc1ccncc1)N1CCC[C@@H](N2CCNC2=O)C1. The van der Waals surface area contributed by atoms with E-state index in [1.165, 1.54) is 0 Å². The quantitative estimate of drug-likeness (QED) is 0.903. The molecule has 3 heterocycles. The van der Waals surface area contributed by atoms with Crippen molar-refractivity contribution in [1.82, 2.24) is 20.1 Å². The van der Waals surface area contributed by atoms with Crippen LogP contribution in [0.4, 0.5) is 4.79 Å². The summed E-state index contributed by atoms with van der Waals surface area (Å²) >= 11 is 0. The Bertz CT molecular complexity index is 534. The van der Waals surface area contributed by atoms with Gasteiger partial charge < -0.3 is 15.1 Å². The van der Waals surface area contributed by atoms with Crippen molar-refractivity contribution in [1.29, 1.82) is 0 Å². The van der Waals surface area contributed by atoms with Gasteiger partial charge in [-0.1, -0.05) is 0 Å². The fourth-order valence-corrected chi connectivity index (χ4v) is 3.23. The Hall–Kier alpha value is -2.11. The van der Waals surface area contributed by atoms with Gasteiger partial charge in [0.25, 0.3) is 0 Å². The maximum Gasteiger partial charge on any atom is 0.317 e. The van der Waals surface area contributed by atoms with E-state index in [1.807, 2.05) is 21.9 Å². The van der Waals surface area contributed by atoms with Crippen molar-refractivity contribution in [3.8, 4) is 0 Å². The average Bonchev–Trinajstić information content (AvgIpc) is 3.00. The van der Waals surface area contributed by atoms with Crippen LogP contribution in [0.2, 0.25) is 0 Å². The molecule has 0 radical (unpaired) electrons. The molecule has 0 spiro atoms. The number of likely N-dealkylation sites (tertiary alicyclic amines) is 1. The summed E-state index contributed by atoms with van der Waals surface area (Å²) in [5.74, 6) is 0.182. The number of nitrogens with one attached hydrogen (secondary N) is 1. The molecule has 0 bridgehead atoms. The van der Waals surface area contributed by atoms with Gasteiger partial charge in [-0.25, -0.2) is 4.79 Å². The van der Waals surface area contributed by atoms with Crippen molar-refractivity contribution in [2.45, 2.75) is 31.7 Å². The number of hydrogen-bond acceptors (Lipinski definition) is 3. The van der Waals surface area contributed by atoms with Gasteiger partial charge in [0.2, 0.25) is 5.91 Å². The first-order valence-corrected chi connectivity index (χ1v) is 7.95. The van der Waals surface area contributed by atoms with Gasteiger partial charge in [-0.3, -0.25) is 9.78 Å². The van der Waals surface area contributed by atoms with E-state index in [9.17, 15) is 9.59 Å². The molecule has 118 valence electrons. The second-order valence-corrected chi connectivity index (χ2v) is 5.92. The van der Waals surface area contributed by atoms with Gasteiger partial charge in [0.15, 0.2) is 0 Å². The van der Waals surface area contributed by atoms with Crippen LogP contribution in [-0.2, 0) is 11.2 Å². The first-order chi connectivity index (χ1) is 10.7. The first-order valence-electron chi connectivity index (χ1n) is 7.95. The lowest BCUT2D eigenvalue weighted by Crippen LogP contribution is -2.50. The van der Waals surface area contributed by atoms with E-state index in [-0.39, 0.29) is 18.0 Å². The Morgan fingerprint density at radius 1 is 1.32 bits per heavy atom. The first kappa shape index (κ1) is 14.8. The number of pyridine rings is 1. The molecule has 1 aromatic heterocycles. The van der Waals surface area contributed by atoms with Crippen LogP contribution in [0.25, 0.3) is 0 Å². The maximum atomic E-state index is 12.4. The zero-order valence-electron chi connectivity index (χ0n) is 12.7. The fourth-order valence-electron chi connectivity index (χ4n) is 3.23. The van der Waals surface area contributed by atoms with Crippen LogP contribution in [-0.4, -0.2) is 58.9 Å². The largest absolute Gasteiger partial charge is 0.341 e. The van der Waals surface area contributed by atoms with Crippen molar-refractivity contribution in [3.05, 3.63) is 30.1 Å². The number of nitrogens with zero attached hydrogens (tertiary/aromatic N) is 3. The number of piperidine rings is 1. The Balaban J connectivity index is 1.53. The third kappa shape index (κ3) is 3.37. The average molecular weight is 302 g/mol. The maximum absolute atomic E-state index is 12.4. The molecule has 22 heavy (non-hydrogen) atoms. The number of carbonyl (C=O) groups is 2. The molecule has 1 aromatic rings. The summed E-state index contributed by atoms with van der Waals surface area (Å²) < 4.78 is 0. The van der Waals surface area contributed by atoms with E-state index >= 15 is 0 Å². The molecule has 0 unspecified atom stereocenters. The van der Waals surface area contributed by atoms with Gasteiger partial charge in [0.1, 0.15) is 0 Å². The molecule has 6 heteroatoms. The van der Waals surface area contributed by atoms with Crippen LogP contribution in [0, 0.1) is 0 Å². The molecule has 3 rings (SSSR count). The van der Waals surface area contributed by atoms with E-state index in [2.05, 4.69) is 10.3 Å². The molecule has 0 saturated carbocycles. The second-order valence-electron chi connectivity index (χ2n) is 5.92. The molecule has 3 amide bonds. The Morgan fingerprint density at radius 2 is 2.14 bits per heavy atom. The Kier molecular flexibility index (Phi) is 4.56. The molecule has 0 aromatic carbocycles. The molecule has 0 aliphatic carbocycles. The topological polar surface area (TPSA) is 65.5 Å². The molecule has 2 aliphatic heterocycles. The summed E-state index contributed by atoms with van der Waals surface area (Å²) in [7, 11) is 0. The molecule has 1 N–H and O–H groups in total. The molecule has 6 nitrogen and oxygen atoms in total. The van der Waals surface area contributed by atoms with Gasteiger partial charge in [0, 0.05) is 45.0 Å². The summed E-state index contributed by atoms with van der Waals surface area (Å²) in [6.07, 6.45) is 6.72. The zero-order chi connectivity index (χ0) is 15.4. The zero-order valence-corrected chi connectivity index (χ0v) is 12.7. The van der Waals surface area contributed by atoms with Crippen LogP contribution in [0.5, 0.6) is 0 Å². The van der Waals surface area contributed by atoms with Gasteiger partial charge in [-0.2, -0.15) is 0 Å². The predicted molar refractivity (Wildman–Crippen MR) is 82.3 cm³/mol. The number of aromatic nitrogens is 1. The smallest absolute Gasteiger partial charge is 0.317 e. The lowest BCUT2D eigenvalue weighted by atomic mass is 10.0. The minimum atomic E-state index is 0.0103. The molecular formula is C16H22N4O2. The van der Waals surface area contributed by atoms with Crippen LogP contribution in [0.3, 0.4) is 0 Å². The lowest BCUT2D eigenvalue weighted by molar-refractivity contribution is -0.133. The Morgan fingerprint density at radius 3 is 2.86 bits per heavy atom. The number of amides is 3. The van der Waals surface area contributed by atoms with E-state index in [1.54, 1.807) is 12.4 Å². The van der Waals surface area contributed by atoms with Crippen molar-refractivity contribution in [2.75, 3.05) is 26.2 Å².